The van der Waals surface area contributed by atoms with Gasteiger partial charge in [0, 0.05) is 39.3 Å². The molecule has 0 aliphatic carbocycles. The van der Waals surface area contributed by atoms with E-state index < -0.39 is 28.9 Å². The quantitative estimate of drug-likeness (QED) is 0.791. The first-order valence-corrected chi connectivity index (χ1v) is 7.87. The maximum absolute atomic E-state index is 13.7. The van der Waals surface area contributed by atoms with Crippen LogP contribution in [0, 0.1) is 17.5 Å². The molecule has 0 aromatic heterocycles. The van der Waals surface area contributed by atoms with Gasteiger partial charge in [-0.3, -0.25) is 4.79 Å². The molecule has 0 spiro atoms. The first kappa shape index (κ1) is 18.1. The third-order valence-corrected chi connectivity index (χ3v) is 4.14. The fourth-order valence-corrected chi connectivity index (χ4v) is 2.66. The molecule has 3 amide bonds. The summed E-state index contributed by atoms with van der Waals surface area (Å²) in [6, 6.07) is 1.56. The number of urea groups is 1. The van der Waals surface area contributed by atoms with E-state index in [-0.39, 0.29) is 19.1 Å². The van der Waals surface area contributed by atoms with E-state index in [1.807, 2.05) is 13.8 Å². The van der Waals surface area contributed by atoms with Crippen LogP contribution in [0.1, 0.15) is 24.2 Å². The van der Waals surface area contributed by atoms with Gasteiger partial charge >= 0.3 is 6.03 Å². The molecule has 5 nitrogen and oxygen atoms in total. The summed E-state index contributed by atoms with van der Waals surface area (Å²) in [7, 11) is 0. The van der Waals surface area contributed by atoms with Crippen molar-refractivity contribution >= 4 is 11.9 Å². The largest absolute Gasteiger partial charge is 0.335 e. The second-order valence-corrected chi connectivity index (χ2v) is 5.46. The van der Waals surface area contributed by atoms with Crippen LogP contribution in [0.2, 0.25) is 0 Å². The maximum Gasteiger partial charge on any atom is 0.320 e. The van der Waals surface area contributed by atoms with E-state index in [0.29, 0.717) is 26.2 Å². The highest BCUT2D eigenvalue weighted by molar-refractivity contribution is 5.94. The molecule has 2 rings (SSSR count). The third-order valence-electron chi connectivity index (χ3n) is 4.14. The zero-order chi connectivity index (χ0) is 17.9. The fraction of sp³-hybridized carbons (Fsp3) is 0.500. The van der Waals surface area contributed by atoms with E-state index in [2.05, 4.69) is 0 Å². The zero-order valence-corrected chi connectivity index (χ0v) is 13.7. The summed E-state index contributed by atoms with van der Waals surface area (Å²) in [5.74, 6) is -5.18. The number of amides is 3. The van der Waals surface area contributed by atoms with Gasteiger partial charge in [0.15, 0.2) is 17.5 Å². The zero-order valence-electron chi connectivity index (χ0n) is 13.7. The normalized spacial score (nSPS) is 14.7. The fourth-order valence-electron chi connectivity index (χ4n) is 2.66. The van der Waals surface area contributed by atoms with Crippen LogP contribution < -0.4 is 0 Å². The van der Waals surface area contributed by atoms with E-state index in [1.165, 1.54) is 4.90 Å². The predicted octanol–water partition coefficient (Wildman–Crippen LogP) is 2.32. The summed E-state index contributed by atoms with van der Waals surface area (Å²) in [5.41, 5.74) is -0.502. The average Bonchev–Trinajstić information content (AvgIpc) is 2.60. The topological polar surface area (TPSA) is 43.9 Å². The smallest absolute Gasteiger partial charge is 0.320 e. The molecule has 1 fully saturated rings. The number of carbonyl (C=O) groups is 2. The van der Waals surface area contributed by atoms with Gasteiger partial charge in [-0.2, -0.15) is 0 Å². The SMILES string of the molecule is CCN(CC)C(=O)N1CCN(C(=O)c2ccc(F)c(F)c2F)CC1. The Hall–Kier alpha value is -2.25. The molecular formula is C16H20F3N3O2. The van der Waals surface area contributed by atoms with Gasteiger partial charge in [0.25, 0.3) is 5.91 Å². The number of piperazine rings is 1. The number of rotatable bonds is 3. The molecule has 8 heteroatoms. The highest BCUT2D eigenvalue weighted by Crippen LogP contribution is 2.18. The molecule has 1 aromatic rings. The number of hydrogen-bond acceptors (Lipinski definition) is 2. The van der Waals surface area contributed by atoms with Crippen molar-refractivity contribution in [2.75, 3.05) is 39.3 Å². The molecular weight excluding hydrogens is 323 g/mol. The lowest BCUT2D eigenvalue weighted by molar-refractivity contribution is 0.0636. The van der Waals surface area contributed by atoms with Crippen LogP contribution in [0.25, 0.3) is 0 Å². The first-order chi connectivity index (χ1) is 11.4. The summed E-state index contributed by atoms with van der Waals surface area (Å²) in [6.45, 7) is 6.00. The van der Waals surface area contributed by atoms with Gasteiger partial charge in [-0.1, -0.05) is 0 Å². The molecule has 0 saturated carbocycles. The van der Waals surface area contributed by atoms with Gasteiger partial charge in [0.1, 0.15) is 0 Å². The van der Waals surface area contributed by atoms with E-state index in [9.17, 15) is 22.8 Å². The van der Waals surface area contributed by atoms with Crippen molar-refractivity contribution in [1.82, 2.24) is 14.7 Å². The monoisotopic (exact) mass is 343 g/mol. The highest BCUT2D eigenvalue weighted by Gasteiger charge is 2.29. The van der Waals surface area contributed by atoms with Crippen LogP contribution in [-0.2, 0) is 0 Å². The Kier molecular flexibility index (Phi) is 5.69. The Balaban J connectivity index is 2.03. The standard InChI is InChI=1S/C16H20F3N3O2/c1-3-20(4-2)16(24)22-9-7-21(8-10-22)15(23)11-5-6-12(17)14(19)13(11)18/h5-6H,3-4,7-10H2,1-2H3. The minimum absolute atomic E-state index is 0.105. The lowest BCUT2D eigenvalue weighted by atomic mass is 10.1. The Labute approximate surface area is 138 Å². The summed E-state index contributed by atoms with van der Waals surface area (Å²) in [5, 5.41) is 0. The number of hydrogen-bond donors (Lipinski definition) is 0. The number of benzene rings is 1. The third kappa shape index (κ3) is 3.47. The van der Waals surface area contributed by atoms with Crippen molar-refractivity contribution in [2.24, 2.45) is 0 Å². The van der Waals surface area contributed by atoms with Crippen LogP contribution in [0.5, 0.6) is 0 Å². The molecule has 0 radical (unpaired) electrons. The van der Waals surface area contributed by atoms with Crippen molar-refractivity contribution in [3.8, 4) is 0 Å². The van der Waals surface area contributed by atoms with Gasteiger partial charge in [0.05, 0.1) is 5.56 Å². The van der Waals surface area contributed by atoms with E-state index >= 15 is 0 Å². The van der Waals surface area contributed by atoms with Crippen molar-refractivity contribution in [2.45, 2.75) is 13.8 Å². The van der Waals surface area contributed by atoms with Crippen molar-refractivity contribution in [3.05, 3.63) is 35.1 Å². The Morgan fingerprint density at radius 1 is 0.958 bits per heavy atom. The molecule has 0 atom stereocenters. The van der Waals surface area contributed by atoms with Crippen LogP contribution >= 0.6 is 0 Å². The van der Waals surface area contributed by atoms with Gasteiger partial charge in [-0.05, 0) is 26.0 Å². The first-order valence-electron chi connectivity index (χ1n) is 7.87. The molecule has 1 aromatic carbocycles. The van der Waals surface area contributed by atoms with Crippen molar-refractivity contribution < 1.29 is 22.8 Å². The van der Waals surface area contributed by atoms with Crippen molar-refractivity contribution in [1.29, 1.82) is 0 Å². The predicted molar refractivity (Wildman–Crippen MR) is 82.1 cm³/mol. The van der Waals surface area contributed by atoms with Crippen LogP contribution in [-0.4, -0.2) is 65.9 Å². The molecule has 24 heavy (non-hydrogen) atoms. The Bertz CT molecular complexity index is 627. The molecule has 1 saturated heterocycles. The molecule has 1 heterocycles. The molecule has 0 bridgehead atoms. The number of halogens is 3. The van der Waals surface area contributed by atoms with Gasteiger partial charge in [0.2, 0.25) is 0 Å². The lowest BCUT2D eigenvalue weighted by Gasteiger charge is -2.37. The van der Waals surface area contributed by atoms with E-state index in [4.69, 9.17) is 0 Å². The van der Waals surface area contributed by atoms with Gasteiger partial charge in [-0.25, -0.2) is 18.0 Å². The second-order valence-electron chi connectivity index (χ2n) is 5.46. The van der Waals surface area contributed by atoms with Gasteiger partial charge < -0.3 is 14.7 Å². The summed E-state index contributed by atoms with van der Waals surface area (Å²) >= 11 is 0. The Morgan fingerprint density at radius 3 is 2.04 bits per heavy atom. The summed E-state index contributed by atoms with van der Waals surface area (Å²) in [6.07, 6.45) is 0. The molecule has 132 valence electrons. The number of carbonyl (C=O) groups excluding carboxylic acids is 2. The molecule has 1 aliphatic heterocycles. The Morgan fingerprint density at radius 2 is 1.50 bits per heavy atom. The molecule has 0 N–H and O–H groups in total. The van der Waals surface area contributed by atoms with Gasteiger partial charge in [-0.15, -0.1) is 0 Å². The van der Waals surface area contributed by atoms with Crippen LogP contribution in [0.3, 0.4) is 0 Å². The minimum Gasteiger partial charge on any atom is -0.335 e. The average molecular weight is 343 g/mol. The summed E-state index contributed by atoms with van der Waals surface area (Å²) < 4.78 is 40.0. The molecule has 1 aliphatic rings. The maximum atomic E-state index is 13.7. The van der Waals surface area contributed by atoms with E-state index in [1.54, 1.807) is 9.80 Å². The minimum atomic E-state index is -1.66. The second kappa shape index (κ2) is 7.55. The lowest BCUT2D eigenvalue weighted by Crippen LogP contribution is -2.54. The highest BCUT2D eigenvalue weighted by atomic mass is 19.2. The summed E-state index contributed by atoms with van der Waals surface area (Å²) in [4.78, 5) is 29.2. The van der Waals surface area contributed by atoms with Crippen molar-refractivity contribution in [3.63, 3.8) is 0 Å². The number of nitrogens with zero attached hydrogens (tertiary/aromatic N) is 3. The van der Waals surface area contributed by atoms with E-state index in [0.717, 1.165) is 12.1 Å². The van der Waals surface area contributed by atoms with Crippen LogP contribution in [0.15, 0.2) is 12.1 Å². The molecule has 0 unspecified atom stereocenters. The van der Waals surface area contributed by atoms with Crippen LogP contribution in [0.4, 0.5) is 18.0 Å².